The minimum Gasteiger partial charge on any atom is -0.276 e. The Balaban J connectivity index is 2.71. The first-order valence-electron chi connectivity index (χ1n) is 3.34. The van der Waals surface area contributed by atoms with E-state index in [2.05, 4.69) is 4.72 Å². The van der Waals surface area contributed by atoms with Crippen LogP contribution in [0, 0.1) is 0 Å². The van der Waals surface area contributed by atoms with Gasteiger partial charge in [-0.3, -0.25) is 4.72 Å². The first-order valence-corrected chi connectivity index (χ1v) is 7.36. The van der Waals surface area contributed by atoms with Crippen LogP contribution in [0.3, 0.4) is 0 Å². The summed E-state index contributed by atoms with van der Waals surface area (Å²) in [5.41, 5.74) is 0.620. The van der Waals surface area contributed by atoms with Crippen LogP contribution in [-0.2, 0) is 7.19 Å². The van der Waals surface area contributed by atoms with E-state index in [-0.39, 0.29) is 0 Å². The Morgan fingerprint density at radius 3 is 2.83 bits per heavy atom. The van der Waals surface area contributed by atoms with Crippen LogP contribution < -0.4 is 4.72 Å². The average molecular weight is 297 g/mol. The van der Waals surface area contributed by atoms with Gasteiger partial charge in [-0.15, -0.1) is 0 Å². The SMILES string of the molecule is O=S(=O)(I)NC1=CCC=CC=C1. The summed E-state index contributed by atoms with van der Waals surface area (Å²) in [6.07, 6.45) is 9.92. The molecule has 0 radical (unpaired) electrons. The molecule has 3 nitrogen and oxygen atoms in total. The van der Waals surface area contributed by atoms with Gasteiger partial charge in [-0.05, 0) is 12.5 Å². The lowest BCUT2D eigenvalue weighted by molar-refractivity contribution is 0.606. The zero-order valence-corrected chi connectivity index (χ0v) is 9.17. The molecule has 0 aliphatic heterocycles. The molecule has 66 valence electrons. The summed E-state index contributed by atoms with van der Waals surface area (Å²) in [6, 6.07) is 0. The molecule has 0 saturated carbocycles. The van der Waals surface area contributed by atoms with Crippen LogP contribution in [0.15, 0.2) is 36.1 Å². The van der Waals surface area contributed by atoms with Gasteiger partial charge in [-0.1, -0.05) is 24.3 Å². The van der Waals surface area contributed by atoms with E-state index in [1.165, 1.54) is 21.2 Å². The highest BCUT2D eigenvalue weighted by molar-refractivity contribution is 14.2. The molecule has 1 aliphatic rings. The summed E-state index contributed by atoms with van der Waals surface area (Å²) in [5.74, 6) is 0. The maximum absolute atomic E-state index is 10.8. The number of halogens is 1. The molecule has 0 fully saturated rings. The second-order valence-electron chi connectivity index (χ2n) is 2.22. The summed E-state index contributed by atoms with van der Waals surface area (Å²) < 4.78 is 24.0. The predicted octanol–water partition coefficient (Wildman–Crippen LogP) is 1.66. The highest BCUT2D eigenvalue weighted by atomic mass is 127. The smallest absolute Gasteiger partial charge is 0.276 e. The van der Waals surface area contributed by atoms with Gasteiger partial charge in [0.1, 0.15) is 0 Å². The normalized spacial score (nSPS) is 16.9. The molecular weight excluding hydrogens is 289 g/mol. The van der Waals surface area contributed by atoms with Gasteiger partial charge in [0, 0.05) is 5.70 Å². The van der Waals surface area contributed by atoms with Crippen molar-refractivity contribution in [3.05, 3.63) is 36.1 Å². The van der Waals surface area contributed by atoms with Crippen LogP contribution in [0.2, 0.25) is 0 Å². The summed E-state index contributed by atoms with van der Waals surface area (Å²) in [4.78, 5) is 0. The van der Waals surface area contributed by atoms with Crippen molar-refractivity contribution in [2.75, 3.05) is 0 Å². The molecule has 0 aromatic heterocycles. The van der Waals surface area contributed by atoms with E-state index in [0.29, 0.717) is 5.70 Å². The van der Waals surface area contributed by atoms with Crippen molar-refractivity contribution < 1.29 is 8.42 Å². The van der Waals surface area contributed by atoms with Crippen molar-refractivity contribution in [3.63, 3.8) is 0 Å². The van der Waals surface area contributed by atoms with E-state index in [4.69, 9.17) is 0 Å². The number of allylic oxidation sites excluding steroid dienone is 5. The van der Waals surface area contributed by atoms with Gasteiger partial charge in [0.15, 0.2) is 0 Å². The Morgan fingerprint density at radius 1 is 1.42 bits per heavy atom. The van der Waals surface area contributed by atoms with E-state index in [1.54, 1.807) is 12.2 Å². The van der Waals surface area contributed by atoms with Crippen molar-refractivity contribution in [3.8, 4) is 0 Å². The van der Waals surface area contributed by atoms with E-state index in [9.17, 15) is 8.42 Å². The third kappa shape index (κ3) is 3.91. The molecule has 0 heterocycles. The lowest BCUT2D eigenvalue weighted by atomic mass is 10.3. The molecule has 0 aromatic rings. The predicted molar refractivity (Wildman–Crippen MR) is 57.1 cm³/mol. The number of rotatable bonds is 2. The quantitative estimate of drug-likeness (QED) is 0.622. The van der Waals surface area contributed by atoms with Gasteiger partial charge >= 0.3 is 0 Å². The van der Waals surface area contributed by atoms with Crippen molar-refractivity contribution in [1.29, 1.82) is 0 Å². The first-order chi connectivity index (χ1) is 5.58. The van der Waals surface area contributed by atoms with Crippen LogP contribution in [0.1, 0.15) is 6.42 Å². The van der Waals surface area contributed by atoms with Crippen molar-refractivity contribution in [2.45, 2.75) is 6.42 Å². The van der Waals surface area contributed by atoms with Crippen LogP contribution in [0.5, 0.6) is 0 Å². The molecule has 1 aliphatic carbocycles. The molecule has 0 saturated heterocycles. The zero-order valence-electron chi connectivity index (χ0n) is 6.20. The maximum Gasteiger partial charge on any atom is 0.286 e. The Kier molecular flexibility index (Phi) is 3.33. The van der Waals surface area contributed by atoms with Gasteiger partial charge < -0.3 is 0 Å². The van der Waals surface area contributed by atoms with Gasteiger partial charge in [-0.25, -0.2) is 0 Å². The molecule has 5 heteroatoms. The molecule has 0 atom stereocenters. The lowest BCUT2D eigenvalue weighted by Gasteiger charge is -2.00. The monoisotopic (exact) mass is 297 g/mol. The average Bonchev–Trinajstić information content (AvgIpc) is 2.12. The second-order valence-corrected chi connectivity index (χ2v) is 6.78. The Labute approximate surface area is 83.9 Å². The van der Waals surface area contributed by atoms with E-state index >= 15 is 0 Å². The minimum absolute atomic E-state index is 0.620. The molecule has 0 unspecified atom stereocenters. The van der Waals surface area contributed by atoms with E-state index < -0.39 is 7.19 Å². The fourth-order valence-electron chi connectivity index (χ4n) is 0.796. The molecule has 0 amide bonds. The lowest BCUT2D eigenvalue weighted by Crippen LogP contribution is -2.15. The third-order valence-corrected chi connectivity index (χ3v) is 2.38. The molecule has 0 bridgehead atoms. The topological polar surface area (TPSA) is 46.2 Å². The zero-order chi connectivity index (χ0) is 9.03. The molecular formula is C7H8INO2S. The molecule has 1 rings (SSSR count). The molecule has 12 heavy (non-hydrogen) atoms. The summed E-state index contributed by atoms with van der Waals surface area (Å²) in [6.45, 7) is 0. The van der Waals surface area contributed by atoms with Gasteiger partial charge in [-0.2, -0.15) is 8.42 Å². The Bertz CT molecular complexity index is 340. The molecule has 0 spiro atoms. The molecule has 0 aromatic carbocycles. The van der Waals surface area contributed by atoms with Crippen LogP contribution in [0.4, 0.5) is 0 Å². The maximum atomic E-state index is 10.8. The number of hydrogen-bond donors (Lipinski definition) is 1. The van der Waals surface area contributed by atoms with Gasteiger partial charge in [0.2, 0.25) is 0 Å². The second kappa shape index (κ2) is 4.08. The third-order valence-electron chi connectivity index (χ3n) is 1.24. The molecule has 1 N–H and O–H groups in total. The van der Waals surface area contributed by atoms with Crippen molar-refractivity contribution in [2.24, 2.45) is 0 Å². The Morgan fingerprint density at radius 2 is 2.17 bits per heavy atom. The van der Waals surface area contributed by atoms with Gasteiger partial charge in [0.25, 0.3) is 7.19 Å². The standard InChI is InChI=1S/C7H8INO2S/c8-12(10,11)9-7-5-3-1-2-4-6-7/h1-3,5-6,9H,4H2. The highest BCUT2D eigenvalue weighted by Gasteiger charge is 2.03. The minimum atomic E-state index is -3.17. The highest BCUT2D eigenvalue weighted by Crippen LogP contribution is 2.06. The van der Waals surface area contributed by atoms with Crippen LogP contribution in [-0.4, -0.2) is 8.42 Å². The summed E-state index contributed by atoms with van der Waals surface area (Å²) in [7, 11) is -3.17. The van der Waals surface area contributed by atoms with Crippen LogP contribution >= 0.6 is 21.2 Å². The Hall–Kier alpha value is -0.300. The summed E-state index contributed by atoms with van der Waals surface area (Å²) in [5, 5.41) is 0. The summed E-state index contributed by atoms with van der Waals surface area (Å²) >= 11 is 1.36. The first kappa shape index (κ1) is 9.79. The fraction of sp³-hybridized carbons (Fsp3) is 0.143. The van der Waals surface area contributed by atoms with Crippen molar-refractivity contribution >= 4 is 28.4 Å². The van der Waals surface area contributed by atoms with Crippen molar-refractivity contribution in [1.82, 2.24) is 4.72 Å². The van der Waals surface area contributed by atoms with Crippen LogP contribution in [0.25, 0.3) is 0 Å². The van der Waals surface area contributed by atoms with E-state index in [0.717, 1.165) is 6.42 Å². The number of nitrogens with one attached hydrogen (secondary N) is 1. The largest absolute Gasteiger partial charge is 0.286 e. The van der Waals surface area contributed by atoms with E-state index in [1.807, 2.05) is 18.2 Å². The fourth-order valence-corrected chi connectivity index (χ4v) is 1.99. The van der Waals surface area contributed by atoms with Gasteiger partial charge in [0.05, 0.1) is 21.2 Å². The number of hydrogen-bond acceptors (Lipinski definition) is 2.